The van der Waals surface area contributed by atoms with E-state index in [1.54, 1.807) is 30.3 Å². The first-order chi connectivity index (χ1) is 13.0. The summed E-state index contributed by atoms with van der Waals surface area (Å²) in [6.45, 7) is 1.29. The number of aromatic carboxylic acids is 1. The number of likely N-dealkylation sites (tertiary alicyclic amines) is 1. The molecule has 0 radical (unpaired) electrons. The zero-order valence-electron chi connectivity index (χ0n) is 15.0. The Morgan fingerprint density at radius 1 is 1.07 bits per heavy atom. The molecule has 0 unspecified atom stereocenters. The first-order valence-corrected chi connectivity index (χ1v) is 9.39. The maximum Gasteiger partial charge on any atom is 0.335 e. The molecule has 1 N–H and O–H groups in total. The van der Waals surface area contributed by atoms with Gasteiger partial charge in [0.2, 0.25) is 5.91 Å². The number of hydrogen-bond donors (Lipinski definition) is 1. The third-order valence-electron chi connectivity index (χ3n) is 5.89. The predicted octanol–water partition coefficient (Wildman–Crippen LogP) is 3.96. The van der Waals surface area contributed by atoms with Gasteiger partial charge in [0, 0.05) is 24.6 Å². The van der Waals surface area contributed by atoms with E-state index in [0.29, 0.717) is 31.5 Å². The van der Waals surface area contributed by atoms with Gasteiger partial charge in [-0.25, -0.2) is 9.18 Å². The van der Waals surface area contributed by atoms with Crippen molar-refractivity contribution in [1.82, 2.24) is 4.90 Å². The van der Waals surface area contributed by atoms with E-state index < -0.39 is 11.4 Å². The Morgan fingerprint density at radius 2 is 1.78 bits per heavy atom. The molecule has 1 amide bonds. The largest absolute Gasteiger partial charge is 0.478 e. The van der Waals surface area contributed by atoms with Crippen molar-refractivity contribution in [3.63, 3.8) is 0 Å². The van der Waals surface area contributed by atoms with Gasteiger partial charge < -0.3 is 10.0 Å². The van der Waals surface area contributed by atoms with Crippen LogP contribution in [0.15, 0.2) is 48.5 Å². The van der Waals surface area contributed by atoms with E-state index in [-0.39, 0.29) is 23.2 Å². The van der Waals surface area contributed by atoms with E-state index in [9.17, 15) is 14.0 Å². The molecule has 0 bridgehead atoms. The van der Waals surface area contributed by atoms with Gasteiger partial charge in [-0.2, -0.15) is 0 Å². The van der Waals surface area contributed by atoms with Crippen LogP contribution in [0.4, 0.5) is 4.39 Å². The third kappa shape index (κ3) is 3.22. The Morgan fingerprint density at radius 3 is 2.41 bits per heavy atom. The van der Waals surface area contributed by atoms with Crippen molar-refractivity contribution in [3.8, 4) is 0 Å². The van der Waals surface area contributed by atoms with E-state index in [4.69, 9.17) is 5.11 Å². The molecule has 1 atom stereocenters. The molecule has 0 aromatic heterocycles. The zero-order valence-corrected chi connectivity index (χ0v) is 15.0. The van der Waals surface area contributed by atoms with Crippen LogP contribution in [-0.2, 0) is 10.2 Å². The minimum absolute atomic E-state index is 0.0273. The quantitative estimate of drug-likeness (QED) is 0.890. The van der Waals surface area contributed by atoms with Crippen LogP contribution in [0.1, 0.15) is 53.1 Å². The molecule has 1 aliphatic heterocycles. The molecule has 4 rings (SSSR count). The lowest BCUT2D eigenvalue weighted by molar-refractivity contribution is -0.135. The van der Waals surface area contributed by atoms with Gasteiger partial charge in [0.05, 0.1) is 11.0 Å². The van der Waals surface area contributed by atoms with Crippen molar-refractivity contribution in [3.05, 3.63) is 71.0 Å². The molecule has 2 aromatic carbocycles. The highest BCUT2D eigenvalue weighted by Crippen LogP contribution is 2.51. The number of carboxylic acid groups (broad SMARTS) is 1. The van der Waals surface area contributed by atoms with Crippen LogP contribution in [0.2, 0.25) is 0 Å². The molecular weight excluding hydrogens is 345 g/mol. The van der Waals surface area contributed by atoms with Crippen molar-refractivity contribution >= 4 is 11.9 Å². The Balaban J connectivity index is 1.52. The summed E-state index contributed by atoms with van der Waals surface area (Å²) in [4.78, 5) is 26.1. The smallest absolute Gasteiger partial charge is 0.335 e. The van der Waals surface area contributed by atoms with Gasteiger partial charge in [-0.1, -0.05) is 30.3 Å². The van der Waals surface area contributed by atoms with E-state index in [1.165, 1.54) is 6.07 Å². The fourth-order valence-corrected chi connectivity index (χ4v) is 4.21. The van der Waals surface area contributed by atoms with Crippen LogP contribution in [0, 0.1) is 5.82 Å². The highest BCUT2D eigenvalue weighted by atomic mass is 19.1. The number of carbonyl (C=O) groups is 2. The summed E-state index contributed by atoms with van der Waals surface area (Å²) in [5.74, 6) is -1.04. The third-order valence-corrected chi connectivity index (χ3v) is 5.89. The zero-order chi connectivity index (χ0) is 19.0. The molecular formula is C22H22FNO3. The Bertz CT molecular complexity index is 873. The van der Waals surface area contributed by atoms with Crippen molar-refractivity contribution < 1.29 is 19.1 Å². The average Bonchev–Trinajstić information content (AvgIpc) is 3.50. The van der Waals surface area contributed by atoms with Crippen LogP contribution in [0.3, 0.4) is 0 Å². The minimum atomic E-state index is -0.942. The fourth-order valence-electron chi connectivity index (χ4n) is 4.21. The molecule has 1 heterocycles. The van der Waals surface area contributed by atoms with E-state index in [1.807, 2.05) is 17.0 Å². The number of amides is 1. The SMILES string of the molecule is O=C(O)c1ccc([C@H]2CCCN(C(=O)C3(c4ccccc4F)CC3)C2)cc1. The second-order valence-corrected chi connectivity index (χ2v) is 7.58. The molecule has 0 spiro atoms. The predicted molar refractivity (Wildman–Crippen MR) is 99.3 cm³/mol. The highest BCUT2D eigenvalue weighted by molar-refractivity contribution is 5.91. The number of rotatable bonds is 4. The van der Waals surface area contributed by atoms with Gasteiger partial charge in [-0.15, -0.1) is 0 Å². The number of piperidine rings is 1. The average molecular weight is 367 g/mol. The second-order valence-electron chi connectivity index (χ2n) is 7.58. The molecule has 1 aliphatic carbocycles. The van der Waals surface area contributed by atoms with Crippen molar-refractivity contribution in [2.75, 3.05) is 13.1 Å². The van der Waals surface area contributed by atoms with E-state index in [2.05, 4.69) is 0 Å². The van der Waals surface area contributed by atoms with E-state index in [0.717, 1.165) is 18.4 Å². The molecule has 2 aliphatic rings. The second kappa shape index (κ2) is 6.80. The summed E-state index contributed by atoms with van der Waals surface area (Å²) >= 11 is 0. The molecule has 2 aromatic rings. The number of carbonyl (C=O) groups excluding carboxylic acids is 1. The molecule has 4 nitrogen and oxygen atoms in total. The Labute approximate surface area is 157 Å². The maximum absolute atomic E-state index is 14.3. The molecule has 5 heteroatoms. The maximum atomic E-state index is 14.3. The lowest BCUT2D eigenvalue weighted by Crippen LogP contribution is -2.44. The summed E-state index contributed by atoms with van der Waals surface area (Å²) in [6.07, 6.45) is 3.25. The van der Waals surface area contributed by atoms with E-state index >= 15 is 0 Å². The summed E-state index contributed by atoms with van der Waals surface area (Å²) < 4.78 is 14.3. The first-order valence-electron chi connectivity index (χ1n) is 9.39. The Kier molecular flexibility index (Phi) is 4.46. The standard InChI is InChI=1S/C22H22FNO3/c23-19-6-2-1-5-18(19)22(11-12-22)21(27)24-13-3-4-17(14-24)15-7-9-16(10-8-15)20(25)26/h1-2,5-10,17H,3-4,11-14H2,(H,25,26)/t17-/m0/s1. The molecule has 1 saturated carbocycles. The van der Waals surface area contributed by atoms with Crippen molar-refractivity contribution in [2.24, 2.45) is 0 Å². The number of carboxylic acids is 1. The number of benzene rings is 2. The topological polar surface area (TPSA) is 57.6 Å². The summed E-state index contributed by atoms with van der Waals surface area (Å²) in [6, 6.07) is 13.5. The van der Waals surface area contributed by atoms with Gasteiger partial charge in [0.1, 0.15) is 5.82 Å². The van der Waals surface area contributed by atoms with Gasteiger partial charge in [0.15, 0.2) is 0 Å². The Hall–Kier alpha value is -2.69. The number of halogens is 1. The van der Waals surface area contributed by atoms with Crippen LogP contribution >= 0.6 is 0 Å². The normalized spacial score (nSPS) is 20.9. The number of nitrogens with zero attached hydrogens (tertiary/aromatic N) is 1. The minimum Gasteiger partial charge on any atom is -0.478 e. The fraction of sp³-hybridized carbons (Fsp3) is 0.364. The van der Waals surface area contributed by atoms with Crippen molar-refractivity contribution in [1.29, 1.82) is 0 Å². The van der Waals surface area contributed by atoms with Crippen LogP contribution in [0.25, 0.3) is 0 Å². The summed E-state index contributed by atoms with van der Waals surface area (Å²) in [7, 11) is 0. The van der Waals surface area contributed by atoms with Crippen LogP contribution in [0.5, 0.6) is 0 Å². The highest BCUT2D eigenvalue weighted by Gasteiger charge is 2.54. The van der Waals surface area contributed by atoms with Gasteiger partial charge in [-0.05, 0) is 49.4 Å². The summed E-state index contributed by atoms with van der Waals surface area (Å²) in [5, 5.41) is 9.04. The van der Waals surface area contributed by atoms with Gasteiger partial charge in [0.25, 0.3) is 0 Å². The van der Waals surface area contributed by atoms with Gasteiger partial charge in [-0.3, -0.25) is 4.79 Å². The molecule has 140 valence electrons. The van der Waals surface area contributed by atoms with Gasteiger partial charge >= 0.3 is 5.97 Å². The van der Waals surface area contributed by atoms with Crippen molar-refractivity contribution in [2.45, 2.75) is 37.0 Å². The monoisotopic (exact) mass is 367 g/mol. The first kappa shape index (κ1) is 17.7. The van der Waals surface area contributed by atoms with Crippen LogP contribution in [-0.4, -0.2) is 35.0 Å². The molecule has 2 fully saturated rings. The summed E-state index contributed by atoms with van der Waals surface area (Å²) in [5.41, 5.74) is 1.13. The molecule has 27 heavy (non-hydrogen) atoms. The molecule has 1 saturated heterocycles. The number of hydrogen-bond acceptors (Lipinski definition) is 2. The lowest BCUT2D eigenvalue weighted by atomic mass is 9.87. The lowest BCUT2D eigenvalue weighted by Gasteiger charge is -2.35. The van der Waals surface area contributed by atoms with Crippen LogP contribution < -0.4 is 0 Å².